The van der Waals surface area contributed by atoms with Crippen LogP contribution in [0.5, 0.6) is 0 Å². The van der Waals surface area contributed by atoms with Crippen LogP contribution in [0.2, 0.25) is 0 Å². The molecular formula is C5H6N2O2. The van der Waals surface area contributed by atoms with Crippen LogP contribution in [0.3, 0.4) is 0 Å². The number of hydrogen-bond acceptors (Lipinski definition) is 3. The van der Waals surface area contributed by atoms with Gasteiger partial charge in [-0.25, -0.2) is 0 Å². The predicted octanol–water partition coefficient (Wildman–Crippen LogP) is 0.267. The summed E-state index contributed by atoms with van der Waals surface area (Å²) >= 11 is 0. The van der Waals surface area contributed by atoms with E-state index >= 15 is 0 Å². The molecule has 0 fully saturated rings. The molecule has 0 aliphatic carbocycles. The van der Waals surface area contributed by atoms with Gasteiger partial charge in [0.15, 0.2) is 5.82 Å². The molecule has 0 saturated carbocycles. The Morgan fingerprint density at radius 1 is 1.89 bits per heavy atom. The molecule has 0 aliphatic rings. The molecule has 0 radical (unpaired) electrons. The predicted molar refractivity (Wildman–Crippen MR) is 31.0 cm³/mol. The minimum absolute atomic E-state index is 0.519. The molecule has 4 nitrogen and oxygen atoms in total. The molecule has 0 unspecified atom stereocenters. The standard InChI is InChI=1S/C5H6N2O2/c1-7(4-8)5-2-3-9-6-5/h2-4H,1H3. The monoisotopic (exact) mass is 126 g/mol. The summed E-state index contributed by atoms with van der Waals surface area (Å²) in [6.45, 7) is 0. The zero-order chi connectivity index (χ0) is 6.69. The average molecular weight is 126 g/mol. The number of nitrogens with zero attached hydrogens (tertiary/aromatic N) is 2. The Morgan fingerprint density at radius 2 is 2.67 bits per heavy atom. The Kier molecular flexibility index (Phi) is 1.48. The average Bonchev–Trinajstić information content (AvgIpc) is 2.37. The molecule has 0 aliphatic heterocycles. The van der Waals surface area contributed by atoms with Gasteiger partial charge >= 0.3 is 0 Å². The van der Waals surface area contributed by atoms with Gasteiger partial charge in [-0.05, 0) is 0 Å². The normalized spacial score (nSPS) is 9.00. The van der Waals surface area contributed by atoms with Crippen molar-refractivity contribution in [2.75, 3.05) is 11.9 Å². The summed E-state index contributed by atoms with van der Waals surface area (Å²) in [7, 11) is 1.60. The van der Waals surface area contributed by atoms with E-state index in [2.05, 4.69) is 9.68 Å². The second-order valence-corrected chi connectivity index (χ2v) is 1.57. The van der Waals surface area contributed by atoms with Crippen LogP contribution in [0.15, 0.2) is 16.9 Å². The summed E-state index contributed by atoms with van der Waals surface area (Å²) in [4.78, 5) is 11.4. The van der Waals surface area contributed by atoms with Gasteiger partial charge in [0.2, 0.25) is 6.41 Å². The Hall–Kier alpha value is -1.32. The van der Waals surface area contributed by atoms with E-state index in [0.717, 1.165) is 0 Å². The van der Waals surface area contributed by atoms with Crippen molar-refractivity contribution >= 4 is 12.2 Å². The van der Waals surface area contributed by atoms with Gasteiger partial charge in [0.25, 0.3) is 0 Å². The first-order valence-corrected chi connectivity index (χ1v) is 2.43. The molecule has 48 valence electrons. The quantitative estimate of drug-likeness (QED) is 0.534. The fourth-order valence-electron chi connectivity index (χ4n) is 0.442. The minimum Gasteiger partial charge on any atom is -0.363 e. The molecule has 9 heavy (non-hydrogen) atoms. The van der Waals surface area contributed by atoms with Gasteiger partial charge in [-0.1, -0.05) is 5.16 Å². The third kappa shape index (κ3) is 1.07. The first-order valence-electron chi connectivity index (χ1n) is 2.43. The van der Waals surface area contributed by atoms with Crippen LogP contribution in [0, 0.1) is 0 Å². The van der Waals surface area contributed by atoms with Crippen molar-refractivity contribution in [2.45, 2.75) is 0 Å². The highest BCUT2D eigenvalue weighted by molar-refractivity contribution is 5.71. The van der Waals surface area contributed by atoms with E-state index < -0.39 is 0 Å². The largest absolute Gasteiger partial charge is 0.363 e. The highest BCUT2D eigenvalue weighted by Crippen LogP contribution is 2.03. The van der Waals surface area contributed by atoms with Crippen LogP contribution >= 0.6 is 0 Å². The highest BCUT2D eigenvalue weighted by Gasteiger charge is 1.98. The molecule has 1 aromatic rings. The van der Waals surface area contributed by atoms with E-state index in [-0.39, 0.29) is 0 Å². The second kappa shape index (κ2) is 2.30. The van der Waals surface area contributed by atoms with Gasteiger partial charge in [0, 0.05) is 13.1 Å². The zero-order valence-electron chi connectivity index (χ0n) is 4.94. The molecule has 0 aromatic carbocycles. The van der Waals surface area contributed by atoms with Gasteiger partial charge in [-0.3, -0.25) is 9.69 Å². The molecule has 4 heteroatoms. The third-order valence-electron chi connectivity index (χ3n) is 0.944. The summed E-state index contributed by atoms with van der Waals surface area (Å²) in [5, 5.41) is 3.51. The van der Waals surface area contributed by atoms with Crippen molar-refractivity contribution in [1.29, 1.82) is 0 Å². The van der Waals surface area contributed by atoms with Crippen molar-refractivity contribution < 1.29 is 9.32 Å². The lowest BCUT2D eigenvalue weighted by molar-refractivity contribution is -0.107. The molecule has 0 bridgehead atoms. The van der Waals surface area contributed by atoms with Gasteiger partial charge < -0.3 is 4.52 Å². The molecular weight excluding hydrogens is 120 g/mol. The van der Waals surface area contributed by atoms with Crippen LogP contribution in [0.25, 0.3) is 0 Å². The molecule has 1 amide bonds. The van der Waals surface area contributed by atoms with Gasteiger partial charge in [0.1, 0.15) is 6.26 Å². The summed E-state index contributed by atoms with van der Waals surface area (Å²) < 4.78 is 4.49. The van der Waals surface area contributed by atoms with Crippen molar-refractivity contribution in [3.63, 3.8) is 0 Å². The van der Waals surface area contributed by atoms with E-state index in [4.69, 9.17) is 0 Å². The maximum atomic E-state index is 10.0. The number of anilines is 1. The summed E-state index contributed by atoms with van der Waals surface area (Å²) in [6, 6.07) is 1.61. The van der Waals surface area contributed by atoms with Crippen molar-refractivity contribution in [3.8, 4) is 0 Å². The Bertz CT molecular complexity index is 183. The van der Waals surface area contributed by atoms with Crippen LogP contribution in [-0.4, -0.2) is 18.6 Å². The highest BCUT2D eigenvalue weighted by atomic mass is 16.5. The van der Waals surface area contributed by atoms with Gasteiger partial charge in [0.05, 0.1) is 0 Å². The van der Waals surface area contributed by atoms with E-state index in [1.165, 1.54) is 11.2 Å². The molecule has 0 N–H and O–H groups in total. The number of amides is 1. The van der Waals surface area contributed by atoms with Crippen molar-refractivity contribution in [2.24, 2.45) is 0 Å². The summed E-state index contributed by atoms with van der Waals surface area (Å²) in [6.07, 6.45) is 2.08. The number of carbonyl (C=O) groups excluding carboxylic acids is 1. The second-order valence-electron chi connectivity index (χ2n) is 1.57. The van der Waals surface area contributed by atoms with Crippen LogP contribution < -0.4 is 4.90 Å². The SMILES string of the molecule is CN(C=O)c1ccon1. The maximum absolute atomic E-state index is 10.0. The van der Waals surface area contributed by atoms with Crippen LogP contribution in [0.1, 0.15) is 0 Å². The zero-order valence-corrected chi connectivity index (χ0v) is 4.94. The van der Waals surface area contributed by atoms with Crippen molar-refractivity contribution in [1.82, 2.24) is 5.16 Å². The number of hydrogen-bond donors (Lipinski definition) is 0. The summed E-state index contributed by atoms with van der Waals surface area (Å²) in [5.74, 6) is 0.519. The Balaban J connectivity index is 2.76. The molecule has 0 spiro atoms. The summed E-state index contributed by atoms with van der Waals surface area (Å²) in [5.41, 5.74) is 0. The first kappa shape index (κ1) is 5.81. The fourth-order valence-corrected chi connectivity index (χ4v) is 0.442. The number of rotatable bonds is 2. The van der Waals surface area contributed by atoms with Crippen LogP contribution in [0.4, 0.5) is 5.82 Å². The van der Waals surface area contributed by atoms with Crippen molar-refractivity contribution in [3.05, 3.63) is 12.3 Å². The van der Waals surface area contributed by atoms with E-state index in [1.54, 1.807) is 13.1 Å². The molecule has 1 rings (SSSR count). The Morgan fingerprint density at radius 3 is 3.11 bits per heavy atom. The van der Waals surface area contributed by atoms with Gasteiger partial charge in [-0.2, -0.15) is 0 Å². The maximum Gasteiger partial charge on any atom is 0.215 e. The topological polar surface area (TPSA) is 46.3 Å². The Labute approximate surface area is 52.0 Å². The first-order chi connectivity index (χ1) is 4.34. The van der Waals surface area contributed by atoms with E-state index in [0.29, 0.717) is 12.2 Å². The van der Waals surface area contributed by atoms with Gasteiger partial charge in [-0.15, -0.1) is 0 Å². The molecule has 0 atom stereocenters. The lowest BCUT2D eigenvalue weighted by Crippen LogP contribution is -2.13. The number of aromatic nitrogens is 1. The molecule has 1 aromatic heterocycles. The van der Waals surface area contributed by atoms with Crippen LogP contribution in [-0.2, 0) is 4.79 Å². The number of carbonyl (C=O) groups is 1. The lowest BCUT2D eigenvalue weighted by atomic mass is 10.6. The lowest BCUT2D eigenvalue weighted by Gasteiger charge is -2.01. The molecule has 0 saturated heterocycles. The minimum atomic E-state index is 0.519. The van der Waals surface area contributed by atoms with E-state index in [9.17, 15) is 4.79 Å². The van der Waals surface area contributed by atoms with E-state index in [1.807, 2.05) is 0 Å². The third-order valence-corrected chi connectivity index (χ3v) is 0.944. The fraction of sp³-hybridized carbons (Fsp3) is 0.200. The molecule has 1 heterocycles. The smallest absolute Gasteiger partial charge is 0.215 e.